The van der Waals surface area contributed by atoms with Crippen LogP contribution in [0.5, 0.6) is 0 Å². The standard InChI is InChI=1S/C11H21NO7/c1-5(2)18-10-8(12-7(15)4-14)11(17)19-6(3-13)9(10)16/h5-6,8-11,13-14,16-17H,3-4H2,1-2H3,(H,12,15)/t6-,8-,9-,10-,11+/m1/s1. The molecule has 112 valence electrons. The van der Waals surface area contributed by atoms with Crippen molar-refractivity contribution < 1.29 is 34.7 Å². The van der Waals surface area contributed by atoms with E-state index in [4.69, 9.17) is 19.7 Å². The summed E-state index contributed by atoms with van der Waals surface area (Å²) in [4.78, 5) is 11.2. The van der Waals surface area contributed by atoms with Gasteiger partial charge in [0.25, 0.3) is 0 Å². The van der Waals surface area contributed by atoms with Crippen molar-refractivity contribution in [3.8, 4) is 0 Å². The second-order valence-electron chi connectivity index (χ2n) is 4.64. The summed E-state index contributed by atoms with van der Waals surface area (Å²) >= 11 is 0. The van der Waals surface area contributed by atoms with Gasteiger partial charge in [-0.3, -0.25) is 4.79 Å². The van der Waals surface area contributed by atoms with Crippen molar-refractivity contribution in [1.29, 1.82) is 0 Å². The summed E-state index contributed by atoms with van der Waals surface area (Å²) in [6.45, 7) is 2.22. The number of hydrogen-bond donors (Lipinski definition) is 5. The Balaban J connectivity index is 2.86. The summed E-state index contributed by atoms with van der Waals surface area (Å²) in [5.74, 6) is -0.723. The topological polar surface area (TPSA) is 128 Å². The Labute approximate surface area is 110 Å². The third-order valence-corrected chi connectivity index (χ3v) is 2.77. The van der Waals surface area contributed by atoms with Gasteiger partial charge in [-0.05, 0) is 13.8 Å². The number of rotatable bonds is 5. The van der Waals surface area contributed by atoms with E-state index in [1.165, 1.54) is 0 Å². The maximum Gasteiger partial charge on any atom is 0.246 e. The fourth-order valence-corrected chi connectivity index (χ4v) is 1.95. The second kappa shape index (κ2) is 7.13. The fourth-order valence-electron chi connectivity index (χ4n) is 1.95. The van der Waals surface area contributed by atoms with Gasteiger partial charge in [0.05, 0.1) is 12.7 Å². The predicted molar refractivity (Wildman–Crippen MR) is 63.0 cm³/mol. The molecule has 0 spiro atoms. The van der Waals surface area contributed by atoms with E-state index in [0.717, 1.165) is 0 Å². The molecule has 1 rings (SSSR count). The van der Waals surface area contributed by atoms with Crippen LogP contribution in [0.25, 0.3) is 0 Å². The average molecular weight is 279 g/mol. The quantitative estimate of drug-likeness (QED) is 0.371. The van der Waals surface area contributed by atoms with Gasteiger partial charge in [-0.15, -0.1) is 0 Å². The lowest BCUT2D eigenvalue weighted by molar-refractivity contribution is -0.266. The van der Waals surface area contributed by atoms with Crippen LogP contribution in [-0.4, -0.2) is 76.3 Å². The van der Waals surface area contributed by atoms with Crippen molar-refractivity contribution in [2.75, 3.05) is 13.2 Å². The molecule has 0 saturated carbocycles. The first-order valence-electron chi connectivity index (χ1n) is 6.08. The first-order chi connectivity index (χ1) is 8.90. The van der Waals surface area contributed by atoms with Gasteiger partial charge in [-0.1, -0.05) is 0 Å². The molecule has 8 nitrogen and oxygen atoms in total. The summed E-state index contributed by atoms with van der Waals surface area (Å²) in [7, 11) is 0. The van der Waals surface area contributed by atoms with Crippen LogP contribution in [0.3, 0.4) is 0 Å². The summed E-state index contributed by atoms with van der Waals surface area (Å²) < 4.78 is 10.5. The molecule has 1 aliphatic heterocycles. The SMILES string of the molecule is CC(C)O[C@H]1[C@H](O)[C@@H](CO)O[C@H](O)[C@@H]1NC(=O)CO. The van der Waals surface area contributed by atoms with Crippen LogP contribution in [0.15, 0.2) is 0 Å². The Morgan fingerprint density at radius 1 is 1.37 bits per heavy atom. The van der Waals surface area contributed by atoms with Crippen molar-refractivity contribution in [2.24, 2.45) is 0 Å². The lowest BCUT2D eigenvalue weighted by Crippen LogP contribution is -2.65. The molecule has 1 aliphatic rings. The molecule has 1 saturated heterocycles. The van der Waals surface area contributed by atoms with Gasteiger partial charge in [0.2, 0.25) is 5.91 Å². The number of aliphatic hydroxyl groups is 4. The first kappa shape index (κ1) is 16.3. The molecule has 0 aromatic carbocycles. The van der Waals surface area contributed by atoms with Gasteiger partial charge in [0, 0.05) is 0 Å². The molecule has 0 aliphatic carbocycles. The van der Waals surface area contributed by atoms with E-state index in [1.807, 2.05) is 0 Å². The minimum atomic E-state index is -1.44. The van der Waals surface area contributed by atoms with E-state index in [2.05, 4.69) is 5.32 Å². The Morgan fingerprint density at radius 3 is 2.47 bits per heavy atom. The van der Waals surface area contributed by atoms with E-state index < -0.39 is 49.8 Å². The monoisotopic (exact) mass is 279 g/mol. The third kappa shape index (κ3) is 4.10. The summed E-state index contributed by atoms with van der Waals surface area (Å²) in [5.41, 5.74) is 0. The highest BCUT2D eigenvalue weighted by molar-refractivity contribution is 5.77. The van der Waals surface area contributed by atoms with Crippen molar-refractivity contribution in [2.45, 2.75) is 50.6 Å². The fraction of sp³-hybridized carbons (Fsp3) is 0.909. The van der Waals surface area contributed by atoms with E-state index >= 15 is 0 Å². The van der Waals surface area contributed by atoms with Crippen LogP contribution in [0, 0.1) is 0 Å². The van der Waals surface area contributed by atoms with Gasteiger partial charge in [0.15, 0.2) is 6.29 Å². The van der Waals surface area contributed by atoms with Gasteiger partial charge in [-0.2, -0.15) is 0 Å². The van der Waals surface area contributed by atoms with E-state index in [0.29, 0.717) is 0 Å². The molecule has 5 atom stereocenters. The molecule has 1 heterocycles. The number of nitrogens with one attached hydrogen (secondary N) is 1. The lowest BCUT2D eigenvalue weighted by Gasteiger charge is -2.43. The van der Waals surface area contributed by atoms with Crippen LogP contribution in [-0.2, 0) is 14.3 Å². The molecule has 8 heteroatoms. The largest absolute Gasteiger partial charge is 0.394 e. The number of ether oxygens (including phenoxy) is 2. The summed E-state index contributed by atoms with van der Waals surface area (Å²) in [6.07, 6.45) is -4.87. The van der Waals surface area contributed by atoms with E-state index in [-0.39, 0.29) is 6.10 Å². The van der Waals surface area contributed by atoms with Crippen LogP contribution >= 0.6 is 0 Å². The van der Waals surface area contributed by atoms with Crippen LogP contribution in [0.4, 0.5) is 0 Å². The zero-order valence-electron chi connectivity index (χ0n) is 10.9. The maximum atomic E-state index is 11.2. The van der Waals surface area contributed by atoms with Crippen LogP contribution in [0.2, 0.25) is 0 Å². The molecule has 0 radical (unpaired) electrons. The molecule has 5 N–H and O–H groups in total. The second-order valence-corrected chi connectivity index (χ2v) is 4.64. The molecule has 1 fully saturated rings. The molecule has 0 unspecified atom stereocenters. The zero-order valence-corrected chi connectivity index (χ0v) is 10.9. The van der Waals surface area contributed by atoms with Crippen LogP contribution in [0.1, 0.15) is 13.8 Å². The number of amides is 1. The number of carbonyl (C=O) groups excluding carboxylic acids is 1. The van der Waals surface area contributed by atoms with Crippen molar-refractivity contribution in [3.63, 3.8) is 0 Å². The van der Waals surface area contributed by atoms with Gasteiger partial charge in [0.1, 0.15) is 31.0 Å². The smallest absolute Gasteiger partial charge is 0.246 e. The maximum absolute atomic E-state index is 11.2. The van der Waals surface area contributed by atoms with Crippen LogP contribution < -0.4 is 5.32 Å². The van der Waals surface area contributed by atoms with Gasteiger partial charge < -0.3 is 35.2 Å². The first-order valence-corrected chi connectivity index (χ1v) is 6.08. The van der Waals surface area contributed by atoms with Crippen molar-refractivity contribution in [1.82, 2.24) is 5.32 Å². The van der Waals surface area contributed by atoms with E-state index in [1.54, 1.807) is 13.8 Å². The molecule has 1 amide bonds. The summed E-state index contributed by atoms with van der Waals surface area (Å²) in [5, 5.41) is 39.9. The Bertz CT molecular complexity index is 299. The van der Waals surface area contributed by atoms with Gasteiger partial charge >= 0.3 is 0 Å². The Hall–Kier alpha value is -0.770. The minimum Gasteiger partial charge on any atom is -0.394 e. The van der Waals surface area contributed by atoms with Crippen molar-refractivity contribution in [3.05, 3.63) is 0 Å². The van der Waals surface area contributed by atoms with Gasteiger partial charge in [-0.25, -0.2) is 0 Å². The highest BCUT2D eigenvalue weighted by Gasteiger charge is 2.46. The number of aliphatic hydroxyl groups excluding tert-OH is 4. The Morgan fingerprint density at radius 2 is 2.00 bits per heavy atom. The number of hydrogen-bond acceptors (Lipinski definition) is 7. The highest BCUT2D eigenvalue weighted by atomic mass is 16.6. The molecular formula is C11H21NO7. The average Bonchev–Trinajstić information content (AvgIpc) is 2.36. The van der Waals surface area contributed by atoms with E-state index in [9.17, 15) is 15.0 Å². The molecule has 19 heavy (non-hydrogen) atoms. The molecule has 0 aromatic heterocycles. The predicted octanol–water partition coefficient (Wildman–Crippen LogP) is -2.67. The molecular weight excluding hydrogens is 258 g/mol. The minimum absolute atomic E-state index is 0.266. The highest BCUT2D eigenvalue weighted by Crippen LogP contribution is 2.23. The lowest BCUT2D eigenvalue weighted by atomic mass is 9.96. The zero-order chi connectivity index (χ0) is 14.6. The normalized spacial score (nSPS) is 35.4. The number of carbonyl (C=O) groups is 1. The molecule has 0 aromatic rings. The molecule has 0 bridgehead atoms. The summed E-state index contributed by atoms with van der Waals surface area (Å²) in [6, 6.07) is -1.03. The van der Waals surface area contributed by atoms with Crippen molar-refractivity contribution >= 4 is 5.91 Å². The Kier molecular flexibility index (Phi) is 6.11. The third-order valence-electron chi connectivity index (χ3n) is 2.77.